The fourth-order valence-electron chi connectivity index (χ4n) is 3.94. The number of methoxy groups -OCH3 is 2. The van der Waals surface area contributed by atoms with Crippen molar-refractivity contribution >= 4 is 11.0 Å². The lowest BCUT2D eigenvalue weighted by Gasteiger charge is -2.29. The number of H-pyrrole nitrogens is 1. The molecule has 33 heavy (non-hydrogen) atoms. The average molecular weight is 449 g/mol. The lowest BCUT2D eigenvalue weighted by atomic mass is 9.83. The van der Waals surface area contributed by atoms with Crippen molar-refractivity contribution in [3.05, 3.63) is 77.9 Å². The molecule has 1 aromatic heterocycles. The number of hydrogen-bond acceptors (Lipinski definition) is 7. The third-order valence-electron chi connectivity index (χ3n) is 5.76. The SMILES string of the molecule is COc1ccc(C(Cc2ccccc2)C(N)[C@@H](O)COc2cccc3n[nH]nc23)cc1OC. The average Bonchev–Trinajstić information content (AvgIpc) is 3.35. The van der Waals surface area contributed by atoms with Crippen LogP contribution >= 0.6 is 0 Å². The van der Waals surface area contributed by atoms with Gasteiger partial charge in [-0.2, -0.15) is 15.4 Å². The number of aromatic nitrogens is 3. The van der Waals surface area contributed by atoms with Crippen LogP contribution in [-0.2, 0) is 6.42 Å². The molecule has 0 amide bonds. The molecule has 8 nitrogen and oxygen atoms in total. The number of aliphatic hydroxyl groups is 1. The Balaban J connectivity index is 1.57. The molecule has 3 atom stereocenters. The topological polar surface area (TPSA) is 116 Å². The van der Waals surface area contributed by atoms with E-state index in [9.17, 15) is 5.11 Å². The predicted octanol–water partition coefficient (Wildman–Crippen LogP) is 3.07. The Labute approximate surface area is 192 Å². The molecule has 172 valence electrons. The van der Waals surface area contributed by atoms with Crippen molar-refractivity contribution in [2.24, 2.45) is 5.73 Å². The van der Waals surface area contributed by atoms with Gasteiger partial charge < -0.3 is 25.1 Å². The van der Waals surface area contributed by atoms with E-state index in [0.29, 0.717) is 34.7 Å². The molecule has 2 unspecified atom stereocenters. The maximum absolute atomic E-state index is 11.0. The summed E-state index contributed by atoms with van der Waals surface area (Å²) < 4.78 is 16.7. The van der Waals surface area contributed by atoms with Gasteiger partial charge in [-0.25, -0.2) is 0 Å². The van der Waals surface area contributed by atoms with Crippen molar-refractivity contribution in [1.82, 2.24) is 15.4 Å². The number of nitrogens with two attached hydrogens (primary N) is 1. The number of ether oxygens (including phenoxy) is 3. The molecule has 4 N–H and O–H groups in total. The second-order valence-electron chi connectivity index (χ2n) is 7.81. The van der Waals surface area contributed by atoms with Crippen molar-refractivity contribution in [2.45, 2.75) is 24.5 Å². The van der Waals surface area contributed by atoms with E-state index in [-0.39, 0.29) is 12.5 Å². The van der Waals surface area contributed by atoms with Gasteiger partial charge in [-0.1, -0.05) is 42.5 Å². The molecule has 0 aliphatic heterocycles. The largest absolute Gasteiger partial charge is 0.493 e. The fraction of sp³-hybridized carbons (Fsp3) is 0.280. The van der Waals surface area contributed by atoms with Crippen molar-refractivity contribution < 1.29 is 19.3 Å². The van der Waals surface area contributed by atoms with Gasteiger partial charge in [-0.3, -0.25) is 0 Å². The molecular formula is C25H28N4O4. The molecule has 0 radical (unpaired) electrons. The summed E-state index contributed by atoms with van der Waals surface area (Å²) in [6.07, 6.45) is -0.276. The van der Waals surface area contributed by atoms with E-state index in [1.54, 1.807) is 20.3 Å². The van der Waals surface area contributed by atoms with E-state index >= 15 is 0 Å². The predicted molar refractivity (Wildman–Crippen MR) is 126 cm³/mol. The number of aromatic amines is 1. The summed E-state index contributed by atoms with van der Waals surface area (Å²) in [6, 6.07) is 20.6. The summed E-state index contributed by atoms with van der Waals surface area (Å²) in [5, 5.41) is 21.8. The summed E-state index contributed by atoms with van der Waals surface area (Å²) in [6.45, 7) is 0.0196. The molecule has 0 spiro atoms. The Morgan fingerprint density at radius 3 is 2.45 bits per heavy atom. The molecule has 0 saturated carbocycles. The van der Waals surface area contributed by atoms with Gasteiger partial charge in [0.05, 0.1) is 14.2 Å². The quantitative estimate of drug-likeness (QED) is 0.341. The smallest absolute Gasteiger partial charge is 0.160 e. The summed E-state index contributed by atoms with van der Waals surface area (Å²) in [5.41, 5.74) is 9.99. The Morgan fingerprint density at radius 2 is 1.70 bits per heavy atom. The monoisotopic (exact) mass is 448 g/mol. The van der Waals surface area contributed by atoms with Gasteiger partial charge in [-0.15, -0.1) is 0 Å². The van der Waals surface area contributed by atoms with Gasteiger partial charge in [-0.05, 0) is 41.8 Å². The number of aliphatic hydroxyl groups excluding tert-OH is 1. The van der Waals surface area contributed by atoms with Crippen LogP contribution in [0.2, 0.25) is 0 Å². The third kappa shape index (κ3) is 5.08. The third-order valence-corrected chi connectivity index (χ3v) is 5.76. The van der Waals surface area contributed by atoms with Gasteiger partial charge >= 0.3 is 0 Å². The number of nitrogens with one attached hydrogen (secondary N) is 1. The van der Waals surface area contributed by atoms with Crippen LogP contribution in [0.1, 0.15) is 17.0 Å². The first kappa shape index (κ1) is 22.6. The molecule has 0 aliphatic carbocycles. The van der Waals surface area contributed by atoms with Crippen LogP contribution in [0.3, 0.4) is 0 Å². The van der Waals surface area contributed by atoms with Crippen molar-refractivity contribution in [1.29, 1.82) is 0 Å². The highest BCUT2D eigenvalue weighted by Gasteiger charge is 2.28. The fourth-order valence-corrected chi connectivity index (χ4v) is 3.94. The summed E-state index contributed by atoms with van der Waals surface area (Å²) in [5.74, 6) is 1.61. The normalized spacial score (nSPS) is 13.9. The molecule has 4 rings (SSSR count). The first-order valence-corrected chi connectivity index (χ1v) is 10.7. The highest BCUT2D eigenvalue weighted by atomic mass is 16.5. The lowest BCUT2D eigenvalue weighted by Crippen LogP contribution is -2.44. The molecule has 0 bridgehead atoms. The summed E-state index contributed by atoms with van der Waals surface area (Å²) in [4.78, 5) is 0. The van der Waals surface area contributed by atoms with Crippen LogP contribution < -0.4 is 19.9 Å². The van der Waals surface area contributed by atoms with Gasteiger partial charge in [0, 0.05) is 12.0 Å². The van der Waals surface area contributed by atoms with Crippen LogP contribution in [0.4, 0.5) is 0 Å². The van der Waals surface area contributed by atoms with E-state index in [1.807, 2.05) is 48.5 Å². The highest BCUT2D eigenvalue weighted by Crippen LogP contribution is 2.34. The maximum atomic E-state index is 11.0. The molecule has 0 saturated heterocycles. The number of fused-ring (bicyclic) bond motifs is 1. The van der Waals surface area contributed by atoms with Crippen LogP contribution in [0, 0.1) is 0 Å². The van der Waals surface area contributed by atoms with Gasteiger partial charge in [0.1, 0.15) is 24.0 Å². The summed E-state index contributed by atoms with van der Waals surface area (Å²) >= 11 is 0. The van der Waals surface area contributed by atoms with Gasteiger partial charge in [0.15, 0.2) is 17.0 Å². The van der Waals surface area contributed by atoms with Crippen molar-refractivity contribution in [3.8, 4) is 17.2 Å². The maximum Gasteiger partial charge on any atom is 0.160 e. The van der Waals surface area contributed by atoms with Crippen LogP contribution in [0.5, 0.6) is 17.2 Å². The van der Waals surface area contributed by atoms with Gasteiger partial charge in [0.2, 0.25) is 0 Å². The minimum absolute atomic E-state index is 0.0196. The lowest BCUT2D eigenvalue weighted by molar-refractivity contribution is 0.0771. The Bertz CT molecular complexity index is 1180. The zero-order valence-corrected chi connectivity index (χ0v) is 18.6. The zero-order valence-electron chi connectivity index (χ0n) is 18.6. The number of benzene rings is 3. The van der Waals surface area contributed by atoms with Crippen LogP contribution in [0.15, 0.2) is 66.7 Å². The molecule has 0 aliphatic rings. The van der Waals surface area contributed by atoms with E-state index < -0.39 is 12.1 Å². The number of nitrogens with zero attached hydrogens (tertiary/aromatic N) is 2. The van der Waals surface area contributed by atoms with Crippen molar-refractivity contribution in [2.75, 3.05) is 20.8 Å². The second kappa shape index (κ2) is 10.3. The minimum atomic E-state index is -0.922. The molecule has 8 heteroatoms. The highest BCUT2D eigenvalue weighted by molar-refractivity contribution is 5.80. The Kier molecular flexibility index (Phi) is 7.07. The standard InChI is InChI=1S/C25H28N4O4/c1-31-21-12-11-17(14-23(21)32-2)18(13-16-7-4-3-5-8-16)24(26)20(30)15-33-22-10-6-9-19-25(22)28-29-27-19/h3-12,14,18,20,24,30H,13,15,26H2,1-2H3,(H,27,28,29)/t18?,20-,24?/m0/s1. The summed E-state index contributed by atoms with van der Waals surface area (Å²) in [7, 11) is 3.20. The molecule has 0 fully saturated rings. The molecule has 1 heterocycles. The number of hydrogen-bond donors (Lipinski definition) is 3. The van der Waals surface area contributed by atoms with E-state index in [1.165, 1.54) is 0 Å². The Hall–Kier alpha value is -3.62. The minimum Gasteiger partial charge on any atom is -0.493 e. The zero-order chi connectivity index (χ0) is 23.2. The van der Waals surface area contributed by atoms with Crippen LogP contribution in [0.25, 0.3) is 11.0 Å². The molecular weight excluding hydrogens is 420 g/mol. The first-order chi connectivity index (χ1) is 16.1. The van der Waals surface area contributed by atoms with E-state index in [4.69, 9.17) is 19.9 Å². The number of rotatable bonds is 10. The van der Waals surface area contributed by atoms with E-state index in [2.05, 4.69) is 27.5 Å². The molecule has 3 aromatic carbocycles. The second-order valence-corrected chi connectivity index (χ2v) is 7.81. The van der Waals surface area contributed by atoms with E-state index in [0.717, 1.165) is 11.1 Å². The molecule has 4 aromatic rings. The first-order valence-electron chi connectivity index (χ1n) is 10.7. The van der Waals surface area contributed by atoms with Crippen molar-refractivity contribution in [3.63, 3.8) is 0 Å². The number of para-hydroxylation sites is 1. The van der Waals surface area contributed by atoms with Gasteiger partial charge in [0.25, 0.3) is 0 Å². The Morgan fingerprint density at radius 1 is 0.909 bits per heavy atom. The van der Waals surface area contributed by atoms with Crippen LogP contribution in [-0.4, -0.2) is 53.5 Å².